The van der Waals surface area contributed by atoms with E-state index in [2.05, 4.69) is 224 Å². The van der Waals surface area contributed by atoms with Crippen LogP contribution >= 0.6 is 0 Å². The minimum Gasteiger partial charge on any atom is -0.455 e. The Bertz CT molecular complexity index is 3950. The number of furan rings is 1. The summed E-state index contributed by atoms with van der Waals surface area (Å²) in [5, 5.41) is 9.32. The van der Waals surface area contributed by atoms with E-state index >= 15 is 0 Å². The van der Waals surface area contributed by atoms with Crippen molar-refractivity contribution in [2.24, 2.45) is 0 Å². The lowest BCUT2D eigenvalue weighted by Gasteiger charge is -2.15. The molecule has 0 atom stereocenters. The van der Waals surface area contributed by atoms with E-state index in [1.807, 2.05) is 6.07 Å². The number of aromatic nitrogens is 2. The Morgan fingerprint density at radius 3 is 1.66 bits per heavy atom. The number of hydrogen-bond acceptors (Lipinski definition) is 3. The van der Waals surface area contributed by atoms with E-state index in [0.717, 1.165) is 90.3 Å². The Labute approximate surface area is 388 Å². The molecule has 0 saturated heterocycles. The van der Waals surface area contributed by atoms with Crippen LogP contribution in [0.5, 0.6) is 0 Å². The van der Waals surface area contributed by atoms with Crippen LogP contribution in [0.4, 0.5) is 0 Å². The third kappa shape index (κ3) is 6.83. The summed E-state index contributed by atoms with van der Waals surface area (Å²) in [5.41, 5.74) is 15.7. The van der Waals surface area contributed by atoms with Gasteiger partial charge in [0.05, 0.1) is 11.4 Å². The van der Waals surface area contributed by atoms with Crippen LogP contribution < -0.4 is 0 Å². The summed E-state index contributed by atoms with van der Waals surface area (Å²) >= 11 is 0. The maximum atomic E-state index is 6.98. The van der Waals surface area contributed by atoms with Gasteiger partial charge in [0.25, 0.3) is 0 Å². The van der Waals surface area contributed by atoms with Crippen molar-refractivity contribution >= 4 is 59.8 Å². The van der Waals surface area contributed by atoms with Crippen molar-refractivity contribution in [1.82, 2.24) is 9.97 Å². The molecule has 0 radical (unpaired) electrons. The van der Waals surface area contributed by atoms with E-state index in [-0.39, 0.29) is 0 Å². The minimum absolute atomic E-state index is 0.656. The molecule has 10 aromatic carbocycles. The number of hydrogen-bond donors (Lipinski definition) is 0. The van der Waals surface area contributed by atoms with Gasteiger partial charge < -0.3 is 4.42 Å². The molecule has 1 aliphatic carbocycles. The smallest absolute Gasteiger partial charge is 0.161 e. The predicted octanol–water partition coefficient (Wildman–Crippen LogP) is 17.6. The lowest BCUT2D eigenvalue weighted by Crippen LogP contribution is -1.97. The number of allylic oxidation sites excluding steroid dienone is 4. The van der Waals surface area contributed by atoms with Crippen molar-refractivity contribution in [3.63, 3.8) is 0 Å². The van der Waals surface area contributed by atoms with E-state index in [9.17, 15) is 0 Å². The molecule has 0 saturated carbocycles. The summed E-state index contributed by atoms with van der Waals surface area (Å²) < 4.78 is 6.98. The minimum atomic E-state index is 0.656. The zero-order valence-corrected chi connectivity index (χ0v) is 36.7. The maximum absolute atomic E-state index is 6.98. The maximum Gasteiger partial charge on any atom is 0.161 e. The fraction of sp³-hybridized carbons (Fsp3) is 0.0312. The van der Waals surface area contributed by atoms with Gasteiger partial charge in [0.1, 0.15) is 11.2 Å². The Morgan fingerprint density at radius 2 is 0.925 bits per heavy atom. The summed E-state index contributed by atoms with van der Waals surface area (Å²) in [6, 6.07) is 76.2. The SMILES string of the molecule is C1=CC(c2ccc(-c3nc(-c4ccccc4)cc(-c4ccc(-c5cc(-c6ccccc6)cc(-c6cc7ccccc7c7ccccc67)c5)cc4)n3)c3c2oc2c4ccccc4ccc23)=CCC1. The fourth-order valence-electron chi connectivity index (χ4n) is 10.2. The van der Waals surface area contributed by atoms with Crippen molar-refractivity contribution < 1.29 is 4.42 Å². The molecule has 2 heterocycles. The van der Waals surface area contributed by atoms with Crippen LogP contribution in [0.1, 0.15) is 18.4 Å². The second-order valence-corrected chi connectivity index (χ2v) is 17.5. The topological polar surface area (TPSA) is 38.9 Å². The van der Waals surface area contributed by atoms with Crippen LogP contribution in [-0.2, 0) is 0 Å². The standard InChI is InChI=1S/C64H42N2O/c1-4-16-41(17-5-1)48-36-49(38-50(37-48)58-39-47-23-11-12-24-51(47)54-26-14-15-27-55(54)58)42-28-30-46(31-29-42)60-40-59(45-21-8-3-9-22-45)65-64(66-60)57-35-34-53(43-18-6-2-7-19-43)63-61(57)56-33-32-44-20-10-13-25-52(44)62(56)67-63/h1,3-6,8-40H,2,7H2. The van der Waals surface area contributed by atoms with Gasteiger partial charge in [-0.05, 0) is 127 Å². The number of nitrogens with zero attached hydrogens (tertiary/aromatic N) is 2. The van der Waals surface area contributed by atoms with Crippen LogP contribution in [0.15, 0.2) is 235 Å². The van der Waals surface area contributed by atoms with Gasteiger partial charge in [0.2, 0.25) is 0 Å². The molecular weight excluding hydrogens is 813 g/mol. The third-order valence-electron chi connectivity index (χ3n) is 13.5. The average molecular weight is 855 g/mol. The molecule has 67 heavy (non-hydrogen) atoms. The quantitative estimate of drug-likeness (QED) is 0.150. The summed E-state index contributed by atoms with van der Waals surface area (Å²) in [6.07, 6.45) is 8.84. The molecule has 0 N–H and O–H groups in total. The van der Waals surface area contributed by atoms with Crippen molar-refractivity contribution in [2.75, 3.05) is 0 Å². The molecule has 13 rings (SSSR count). The van der Waals surface area contributed by atoms with Gasteiger partial charge in [-0.1, -0.05) is 182 Å². The second kappa shape index (κ2) is 16.1. The van der Waals surface area contributed by atoms with Crippen LogP contribution in [0.25, 0.3) is 127 Å². The highest BCUT2D eigenvalue weighted by molar-refractivity contribution is 6.21. The van der Waals surface area contributed by atoms with Gasteiger partial charge in [0.15, 0.2) is 5.82 Å². The van der Waals surface area contributed by atoms with Crippen molar-refractivity contribution in [1.29, 1.82) is 0 Å². The first kappa shape index (κ1) is 38.8. The molecule has 314 valence electrons. The molecule has 0 bridgehead atoms. The van der Waals surface area contributed by atoms with E-state index in [1.54, 1.807) is 0 Å². The van der Waals surface area contributed by atoms with E-state index in [4.69, 9.17) is 14.4 Å². The monoisotopic (exact) mass is 854 g/mol. The molecule has 12 aromatic rings. The normalized spacial score (nSPS) is 12.7. The molecule has 0 aliphatic heterocycles. The Balaban J connectivity index is 0.972. The molecule has 3 heteroatoms. The summed E-state index contributed by atoms with van der Waals surface area (Å²) in [5.74, 6) is 0.656. The predicted molar refractivity (Wildman–Crippen MR) is 281 cm³/mol. The summed E-state index contributed by atoms with van der Waals surface area (Å²) in [4.78, 5) is 10.8. The van der Waals surface area contributed by atoms with Crippen molar-refractivity contribution in [3.8, 4) is 67.3 Å². The summed E-state index contributed by atoms with van der Waals surface area (Å²) in [7, 11) is 0. The Morgan fingerprint density at radius 1 is 0.343 bits per heavy atom. The number of rotatable bonds is 7. The fourth-order valence-corrected chi connectivity index (χ4v) is 10.2. The Hall–Kier alpha value is -8.66. The first-order valence-electron chi connectivity index (χ1n) is 23.1. The van der Waals surface area contributed by atoms with Crippen molar-refractivity contribution in [2.45, 2.75) is 12.8 Å². The van der Waals surface area contributed by atoms with E-state index < -0.39 is 0 Å². The highest BCUT2D eigenvalue weighted by Crippen LogP contribution is 2.44. The zero-order valence-electron chi connectivity index (χ0n) is 36.7. The highest BCUT2D eigenvalue weighted by Gasteiger charge is 2.22. The van der Waals surface area contributed by atoms with Crippen molar-refractivity contribution in [3.05, 3.63) is 236 Å². The molecule has 0 unspecified atom stereocenters. The molecule has 0 amide bonds. The third-order valence-corrected chi connectivity index (χ3v) is 13.5. The van der Waals surface area contributed by atoms with E-state index in [1.165, 1.54) is 49.4 Å². The second-order valence-electron chi connectivity index (χ2n) is 17.5. The molecule has 1 aliphatic rings. The van der Waals surface area contributed by atoms with Gasteiger partial charge in [-0.3, -0.25) is 0 Å². The van der Waals surface area contributed by atoms with Gasteiger partial charge in [0, 0.05) is 38.4 Å². The lowest BCUT2D eigenvalue weighted by atomic mass is 9.89. The number of benzene rings is 10. The number of fused-ring (bicyclic) bond motifs is 8. The van der Waals surface area contributed by atoms with Crippen LogP contribution in [0.2, 0.25) is 0 Å². The molecule has 2 aromatic heterocycles. The van der Waals surface area contributed by atoms with Gasteiger partial charge in [-0.25, -0.2) is 9.97 Å². The van der Waals surface area contributed by atoms with Crippen LogP contribution in [-0.4, -0.2) is 9.97 Å². The van der Waals surface area contributed by atoms with Gasteiger partial charge >= 0.3 is 0 Å². The van der Waals surface area contributed by atoms with Crippen LogP contribution in [0, 0.1) is 0 Å². The van der Waals surface area contributed by atoms with Gasteiger partial charge in [-0.2, -0.15) is 0 Å². The molecule has 0 fully saturated rings. The zero-order chi connectivity index (χ0) is 44.3. The van der Waals surface area contributed by atoms with Crippen LogP contribution in [0.3, 0.4) is 0 Å². The first-order valence-corrected chi connectivity index (χ1v) is 23.1. The lowest BCUT2D eigenvalue weighted by molar-refractivity contribution is 0.671. The first-order chi connectivity index (χ1) is 33.2. The largest absolute Gasteiger partial charge is 0.455 e. The van der Waals surface area contributed by atoms with E-state index in [0.29, 0.717) is 5.82 Å². The molecule has 0 spiro atoms. The average Bonchev–Trinajstić information content (AvgIpc) is 3.81. The molecule has 3 nitrogen and oxygen atoms in total. The molecular formula is C64H42N2O. The Kier molecular flexibility index (Phi) is 9.31. The highest BCUT2D eigenvalue weighted by atomic mass is 16.3. The van der Waals surface area contributed by atoms with Gasteiger partial charge in [-0.15, -0.1) is 0 Å². The summed E-state index contributed by atoms with van der Waals surface area (Å²) in [6.45, 7) is 0.